The van der Waals surface area contributed by atoms with Crippen LogP contribution in [0.1, 0.15) is 24.6 Å². The predicted molar refractivity (Wildman–Crippen MR) is 78.7 cm³/mol. The second-order valence-corrected chi connectivity index (χ2v) is 5.33. The fourth-order valence-corrected chi connectivity index (χ4v) is 2.56. The van der Waals surface area contributed by atoms with Crippen LogP contribution in [0.4, 0.5) is 5.69 Å². The molecule has 18 heavy (non-hydrogen) atoms. The van der Waals surface area contributed by atoms with Gasteiger partial charge in [-0.1, -0.05) is 22.9 Å². The Balaban J connectivity index is 2.04. The Morgan fingerprint density at radius 1 is 1.33 bits per heavy atom. The molecule has 0 aliphatic rings. The summed E-state index contributed by atoms with van der Waals surface area (Å²) in [6, 6.07) is 8.40. The highest BCUT2D eigenvalue weighted by molar-refractivity contribution is 9.10. The maximum Gasteiger partial charge on any atom is 0.0575 e. The number of hydrogen-bond acceptors (Lipinski definition) is 2. The smallest absolute Gasteiger partial charge is 0.0575 e. The van der Waals surface area contributed by atoms with E-state index in [1.54, 1.807) is 0 Å². The van der Waals surface area contributed by atoms with Gasteiger partial charge in [0, 0.05) is 22.9 Å². The molecule has 4 heteroatoms. The molecule has 0 radical (unpaired) electrons. The van der Waals surface area contributed by atoms with Crippen molar-refractivity contribution in [2.75, 3.05) is 5.32 Å². The number of rotatable bonds is 5. The average Bonchev–Trinajstić information content (AvgIpc) is 2.73. The molecule has 1 heterocycles. The lowest BCUT2D eigenvalue weighted by atomic mass is 10.2. The molecule has 1 N–H and O–H groups in total. The predicted octanol–water partition coefficient (Wildman–Crippen LogP) is 3.98. The van der Waals surface area contributed by atoms with Crippen molar-refractivity contribution in [3.63, 3.8) is 0 Å². The molecule has 0 aliphatic carbocycles. The summed E-state index contributed by atoms with van der Waals surface area (Å²) in [4.78, 5) is 0. The van der Waals surface area contributed by atoms with Crippen LogP contribution in [-0.2, 0) is 13.1 Å². The van der Waals surface area contributed by atoms with Gasteiger partial charge in [-0.2, -0.15) is 5.10 Å². The van der Waals surface area contributed by atoms with Gasteiger partial charge >= 0.3 is 0 Å². The van der Waals surface area contributed by atoms with Gasteiger partial charge in [0.1, 0.15) is 0 Å². The first-order chi connectivity index (χ1) is 8.69. The molecule has 2 aromatic rings. The molecule has 0 saturated heterocycles. The number of aromatic nitrogens is 2. The highest BCUT2D eigenvalue weighted by atomic mass is 79.9. The van der Waals surface area contributed by atoms with Crippen molar-refractivity contribution >= 4 is 21.6 Å². The SMILES string of the molecule is CCCn1nccc1CNc1cc(C)cc(Br)c1. The van der Waals surface area contributed by atoms with Gasteiger partial charge < -0.3 is 5.32 Å². The number of benzene rings is 1. The molecular weight excluding hydrogens is 290 g/mol. The number of nitrogens with zero attached hydrogens (tertiary/aromatic N) is 2. The second kappa shape index (κ2) is 6.05. The van der Waals surface area contributed by atoms with Gasteiger partial charge in [0.05, 0.1) is 12.2 Å². The molecule has 1 aromatic heterocycles. The molecule has 1 aromatic carbocycles. The van der Waals surface area contributed by atoms with Crippen LogP contribution in [0.15, 0.2) is 34.9 Å². The summed E-state index contributed by atoms with van der Waals surface area (Å²) in [6.07, 6.45) is 2.96. The van der Waals surface area contributed by atoms with Crippen molar-refractivity contribution < 1.29 is 0 Å². The fourth-order valence-electron chi connectivity index (χ4n) is 1.95. The van der Waals surface area contributed by atoms with E-state index in [9.17, 15) is 0 Å². The lowest BCUT2D eigenvalue weighted by molar-refractivity contribution is 0.578. The third kappa shape index (κ3) is 3.35. The van der Waals surface area contributed by atoms with E-state index < -0.39 is 0 Å². The number of halogens is 1. The van der Waals surface area contributed by atoms with Crippen LogP contribution in [0.25, 0.3) is 0 Å². The first-order valence-corrected chi connectivity index (χ1v) is 7.00. The minimum atomic E-state index is 0.801. The third-order valence-electron chi connectivity index (χ3n) is 2.76. The number of aryl methyl sites for hydroxylation is 2. The van der Waals surface area contributed by atoms with E-state index in [1.807, 2.05) is 6.20 Å². The van der Waals surface area contributed by atoms with Crippen molar-refractivity contribution in [1.82, 2.24) is 9.78 Å². The topological polar surface area (TPSA) is 29.9 Å². The van der Waals surface area contributed by atoms with E-state index >= 15 is 0 Å². The van der Waals surface area contributed by atoms with E-state index in [0.717, 1.165) is 29.7 Å². The highest BCUT2D eigenvalue weighted by Crippen LogP contribution is 2.19. The van der Waals surface area contributed by atoms with Gasteiger partial charge in [-0.25, -0.2) is 0 Å². The number of hydrogen-bond donors (Lipinski definition) is 1. The summed E-state index contributed by atoms with van der Waals surface area (Å²) in [5, 5.41) is 7.76. The van der Waals surface area contributed by atoms with Gasteiger partial charge in [-0.15, -0.1) is 0 Å². The van der Waals surface area contributed by atoms with Crippen LogP contribution in [0, 0.1) is 6.92 Å². The Morgan fingerprint density at radius 3 is 2.89 bits per heavy atom. The van der Waals surface area contributed by atoms with Crippen LogP contribution in [0.3, 0.4) is 0 Å². The summed E-state index contributed by atoms with van der Waals surface area (Å²) >= 11 is 3.51. The summed E-state index contributed by atoms with van der Waals surface area (Å²) in [6.45, 7) is 6.03. The zero-order chi connectivity index (χ0) is 13.0. The standard InChI is InChI=1S/C14H18BrN3/c1-3-6-18-14(4-5-17-18)10-16-13-8-11(2)7-12(15)9-13/h4-5,7-9,16H,3,6,10H2,1-2H3. The first-order valence-electron chi connectivity index (χ1n) is 6.21. The summed E-state index contributed by atoms with van der Waals surface area (Å²) in [5.74, 6) is 0. The fraction of sp³-hybridized carbons (Fsp3) is 0.357. The van der Waals surface area contributed by atoms with Gasteiger partial charge in [0.25, 0.3) is 0 Å². The zero-order valence-electron chi connectivity index (χ0n) is 10.8. The van der Waals surface area contributed by atoms with Crippen LogP contribution in [0.5, 0.6) is 0 Å². The number of anilines is 1. The van der Waals surface area contributed by atoms with Gasteiger partial charge in [0.2, 0.25) is 0 Å². The van der Waals surface area contributed by atoms with Crippen molar-refractivity contribution in [3.05, 3.63) is 46.2 Å². The van der Waals surface area contributed by atoms with Crippen LogP contribution < -0.4 is 5.32 Å². The molecular formula is C14H18BrN3. The quantitative estimate of drug-likeness (QED) is 0.905. The molecule has 0 spiro atoms. The third-order valence-corrected chi connectivity index (χ3v) is 3.21. The molecule has 0 aliphatic heterocycles. The molecule has 0 fully saturated rings. The highest BCUT2D eigenvalue weighted by Gasteiger charge is 2.02. The van der Waals surface area contributed by atoms with Gasteiger partial charge in [-0.05, 0) is 43.2 Å². The van der Waals surface area contributed by atoms with E-state index in [1.165, 1.54) is 11.3 Å². The zero-order valence-corrected chi connectivity index (χ0v) is 12.4. The molecule has 0 saturated carbocycles. The van der Waals surface area contributed by atoms with Crippen molar-refractivity contribution in [2.45, 2.75) is 33.4 Å². The average molecular weight is 308 g/mol. The maximum atomic E-state index is 4.32. The number of nitrogens with one attached hydrogen (secondary N) is 1. The lowest BCUT2D eigenvalue weighted by Crippen LogP contribution is -2.08. The Morgan fingerprint density at radius 2 is 2.17 bits per heavy atom. The van der Waals surface area contributed by atoms with Gasteiger partial charge in [0.15, 0.2) is 0 Å². The molecule has 0 bridgehead atoms. The van der Waals surface area contributed by atoms with Crippen molar-refractivity contribution in [2.24, 2.45) is 0 Å². The minimum absolute atomic E-state index is 0.801. The lowest BCUT2D eigenvalue weighted by Gasteiger charge is -2.10. The summed E-state index contributed by atoms with van der Waals surface area (Å²) in [7, 11) is 0. The molecule has 0 unspecified atom stereocenters. The van der Waals surface area contributed by atoms with Crippen LogP contribution in [-0.4, -0.2) is 9.78 Å². The summed E-state index contributed by atoms with van der Waals surface area (Å²) in [5.41, 5.74) is 3.59. The van der Waals surface area contributed by atoms with Crippen LogP contribution in [0.2, 0.25) is 0 Å². The Kier molecular flexibility index (Phi) is 4.42. The molecule has 0 amide bonds. The Labute approximate surface area is 116 Å². The Hall–Kier alpha value is -1.29. The van der Waals surface area contributed by atoms with E-state index in [2.05, 4.69) is 69.1 Å². The molecule has 2 rings (SSSR count). The van der Waals surface area contributed by atoms with E-state index in [0.29, 0.717) is 0 Å². The van der Waals surface area contributed by atoms with E-state index in [4.69, 9.17) is 0 Å². The minimum Gasteiger partial charge on any atom is -0.379 e. The normalized spacial score (nSPS) is 10.6. The second-order valence-electron chi connectivity index (χ2n) is 4.42. The molecule has 96 valence electrons. The van der Waals surface area contributed by atoms with Gasteiger partial charge in [-0.3, -0.25) is 4.68 Å². The molecule has 0 atom stereocenters. The summed E-state index contributed by atoms with van der Waals surface area (Å²) < 4.78 is 3.16. The molecule has 3 nitrogen and oxygen atoms in total. The Bertz CT molecular complexity index is 499. The van der Waals surface area contributed by atoms with E-state index in [-0.39, 0.29) is 0 Å². The first kappa shape index (κ1) is 13.1. The maximum absolute atomic E-state index is 4.32. The van der Waals surface area contributed by atoms with Crippen molar-refractivity contribution in [1.29, 1.82) is 0 Å². The largest absolute Gasteiger partial charge is 0.379 e. The van der Waals surface area contributed by atoms with Crippen molar-refractivity contribution in [3.8, 4) is 0 Å². The van der Waals surface area contributed by atoms with Crippen LogP contribution >= 0.6 is 15.9 Å². The monoisotopic (exact) mass is 307 g/mol.